The Balaban J connectivity index is 0.973. The molecule has 5 rings (SSSR count). The van der Waals surface area contributed by atoms with Crippen molar-refractivity contribution in [2.75, 3.05) is 112 Å². The minimum Gasteiger partial charge on any atom is -0.456 e. The van der Waals surface area contributed by atoms with E-state index < -0.39 is 146 Å². The topological polar surface area (TPSA) is 467 Å². The summed E-state index contributed by atoms with van der Waals surface area (Å²) >= 11 is 0. The first kappa shape index (κ1) is 111. The average Bonchev–Trinajstić information content (AvgIpc) is 0.813. The summed E-state index contributed by atoms with van der Waals surface area (Å²) in [7, 11) is -11.2. The molecule has 0 aliphatic carbocycles. The van der Waals surface area contributed by atoms with E-state index in [9.17, 15) is 80.1 Å². The number of aryl methyl sites for hydroxylation is 3. The van der Waals surface area contributed by atoms with Gasteiger partial charge in [-0.15, -0.1) is 0 Å². The number of unbranched alkanes of at least 4 members (excludes halogenated alkanes) is 4. The van der Waals surface area contributed by atoms with Crippen molar-refractivity contribution in [3.8, 4) is 0 Å². The van der Waals surface area contributed by atoms with E-state index in [1.54, 1.807) is 121 Å². The van der Waals surface area contributed by atoms with Gasteiger partial charge in [0, 0.05) is 81.5 Å². The number of cyclic esters (lactones) is 2. The number of esters is 2. The van der Waals surface area contributed by atoms with Crippen molar-refractivity contribution in [1.82, 2.24) is 41.7 Å². The van der Waals surface area contributed by atoms with Crippen LogP contribution in [0.3, 0.4) is 0 Å². The third-order valence-corrected chi connectivity index (χ3v) is 26.1. The zero-order chi connectivity index (χ0) is 96.1. The fraction of sp³-hybridized carbons (Fsp3) is 0.576. The van der Waals surface area contributed by atoms with Crippen LogP contribution < -0.4 is 31.9 Å². The summed E-state index contributed by atoms with van der Waals surface area (Å²) in [5.74, 6) is -9.05. The van der Waals surface area contributed by atoms with E-state index in [-0.39, 0.29) is 164 Å². The van der Waals surface area contributed by atoms with Gasteiger partial charge < -0.3 is 84.6 Å². The first-order valence-corrected chi connectivity index (χ1v) is 48.9. The van der Waals surface area contributed by atoms with Crippen molar-refractivity contribution in [3.05, 3.63) is 160 Å². The maximum absolute atomic E-state index is 14.4. The lowest BCUT2D eigenvalue weighted by molar-refractivity contribution is -0.155. The number of likely N-dealkylation sites (N-methyl/N-ethyl adjacent to an activating group) is 2. The number of phosphoric acid groups is 2. The number of carbonyl (C=O) groups is 11. The summed E-state index contributed by atoms with van der Waals surface area (Å²) in [5.41, 5.74) is 4.83. The van der Waals surface area contributed by atoms with Gasteiger partial charge >= 0.3 is 33.7 Å². The minimum atomic E-state index is -5.12. The van der Waals surface area contributed by atoms with Crippen LogP contribution >= 0.6 is 15.6 Å². The largest absolute Gasteiger partial charge is 0.481 e. The van der Waals surface area contributed by atoms with Crippen LogP contribution in [0.2, 0.25) is 0 Å². The Morgan fingerprint density at radius 1 is 0.631 bits per heavy atom. The summed E-state index contributed by atoms with van der Waals surface area (Å²) in [5, 5.41) is 16.2. The summed E-state index contributed by atoms with van der Waals surface area (Å²) in [4.78, 5) is 175. The zero-order valence-electron chi connectivity index (χ0n) is 77.4. The second-order valence-electron chi connectivity index (χ2n) is 32.9. The summed E-state index contributed by atoms with van der Waals surface area (Å²) in [6.07, 6.45) is 1.48. The smallest absolute Gasteiger partial charge is 0.456 e. The Hall–Kier alpha value is -9.42. The van der Waals surface area contributed by atoms with Crippen LogP contribution in [0.5, 0.6) is 0 Å². The van der Waals surface area contributed by atoms with Gasteiger partial charge in [0.1, 0.15) is 36.4 Å². The Kier molecular flexibility index (Phi) is 49.4. The van der Waals surface area contributed by atoms with Gasteiger partial charge in [-0.3, -0.25) is 47.4 Å². The van der Waals surface area contributed by atoms with E-state index >= 15 is 0 Å². The molecule has 1 aliphatic heterocycles. The highest BCUT2D eigenvalue weighted by molar-refractivity contribution is 7.91. The molecule has 0 saturated carbocycles. The number of allylic oxidation sites excluding steroid dienone is 1. The third kappa shape index (κ3) is 41.2. The molecule has 8 amide bonds. The summed E-state index contributed by atoms with van der Waals surface area (Å²) in [6, 6.07) is 24.5. The second kappa shape index (κ2) is 57.8. The van der Waals surface area contributed by atoms with E-state index in [4.69, 9.17) is 42.2 Å². The van der Waals surface area contributed by atoms with E-state index in [0.29, 0.717) is 61.0 Å². The maximum atomic E-state index is 14.4. The van der Waals surface area contributed by atoms with E-state index in [0.717, 1.165) is 21.6 Å². The number of sulfone groups is 1. The molecule has 0 radical (unpaired) electrons. The van der Waals surface area contributed by atoms with Crippen LogP contribution in [-0.4, -0.2) is 248 Å². The molecule has 0 fully saturated rings. The summed E-state index contributed by atoms with van der Waals surface area (Å²) < 4.78 is 107. The second-order valence-corrected chi connectivity index (χ2v) is 38.0. The van der Waals surface area contributed by atoms with E-state index in [1.165, 1.54) is 58.0 Å². The molecular weight excluding hydrogens is 1740 g/mol. The van der Waals surface area contributed by atoms with Gasteiger partial charge in [0.25, 0.3) is 11.8 Å². The highest BCUT2D eigenvalue weighted by Gasteiger charge is 2.40. The number of nitrogens with zero attached hydrogens (tertiary/aromatic N) is 2. The van der Waals surface area contributed by atoms with Gasteiger partial charge in [0.05, 0.1) is 83.3 Å². The molecule has 38 heteroatoms. The fourth-order valence-electron chi connectivity index (χ4n) is 13.5. The van der Waals surface area contributed by atoms with Crippen molar-refractivity contribution in [3.63, 3.8) is 0 Å². The van der Waals surface area contributed by atoms with Crippen molar-refractivity contribution >= 4 is 90.6 Å². The molecule has 8 N–H and O–H groups in total. The van der Waals surface area contributed by atoms with Crippen LogP contribution in [0.1, 0.15) is 183 Å². The van der Waals surface area contributed by atoms with E-state index in [2.05, 4.69) is 36.2 Å². The van der Waals surface area contributed by atoms with Gasteiger partial charge in [-0.05, 0) is 159 Å². The quantitative estimate of drug-likeness (QED) is 0.00509. The molecule has 1 aliphatic rings. The molecule has 0 saturated heterocycles. The van der Waals surface area contributed by atoms with Crippen molar-refractivity contribution in [1.29, 1.82) is 0 Å². The number of ether oxygens (including phenoxy) is 7. The Labute approximate surface area is 764 Å². The molecule has 722 valence electrons. The van der Waals surface area contributed by atoms with Crippen LogP contribution in [0.15, 0.2) is 131 Å². The van der Waals surface area contributed by atoms with Crippen LogP contribution in [0.25, 0.3) is 0 Å². The molecule has 4 aromatic carbocycles. The number of Topliss-reactive ketones (excluding diaryl/α,β-unsaturated/α-hetero) is 1. The van der Waals surface area contributed by atoms with Crippen LogP contribution in [0.4, 0.5) is 4.79 Å². The standard InChI is InChI=1S/C92H136N8O27P2S/c1-15-65(7)82-87(106)97-70(12)91(110)126-84(66(8)16-2)68(10)78(43-32-67(9)90(109)124-79(58-62(3)4)86(105)96-69(11)88(107)100(14)77(59-72-26-20-17-21-27-72)89(108)99(13)60-81(102)98-82)125-92(111)95-46-23-19-25-49-123-129(114,115)127-128(112,113)122-48-24-18-22-45-93-80(101)44-50-118-52-54-120-56-57-121-55-53-119-51-47-94-85(104)74-39-37-73(38-40-74)83(103)75(36-35-71-33-28-63(5)29-34-71)61-130(116,117)76-41-30-64(6)31-42-76/h16-17,20-21,26-34,37-42,62,65,68-70,75,77-79,82,84H,15,18-19,22-25,35-36,43-61H2,1-14H3,(H,93,101)(H,94,104)(H,95,111)(H,96,105)(H,97,106)(H,98,102)(H,112,113)(H,114,115)/b66-16+,67-32+/t65?,68-,69-,70+,75?,77+,78-,79+,82-,84+/m0/s1. The van der Waals surface area contributed by atoms with Gasteiger partial charge in [-0.25, -0.2) is 31.9 Å². The normalized spacial score (nSPS) is 20.7. The Morgan fingerprint density at radius 2 is 1.18 bits per heavy atom. The molecular formula is C92H136N8O27P2S. The number of benzene rings is 4. The molecule has 4 unspecified atom stereocenters. The molecule has 0 bridgehead atoms. The average molecular weight is 1880 g/mol. The van der Waals surface area contributed by atoms with E-state index in [1.807, 2.05) is 38.1 Å². The lowest BCUT2D eigenvalue weighted by Gasteiger charge is -2.33. The Bertz CT molecular complexity index is 4560. The number of carbonyl (C=O) groups excluding carboxylic acids is 11. The molecule has 1 heterocycles. The van der Waals surface area contributed by atoms with Gasteiger partial charge in [0.15, 0.2) is 21.7 Å². The van der Waals surface area contributed by atoms with Gasteiger partial charge in [-0.1, -0.05) is 143 Å². The lowest BCUT2D eigenvalue weighted by Crippen LogP contribution is -2.57. The number of amides is 8. The number of phosphoric ester groups is 2. The van der Waals surface area contributed by atoms with Crippen molar-refractivity contribution in [2.24, 2.45) is 23.7 Å². The molecule has 0 aromatic heterocycles. The maximum Gasteiger partial charge on any atom is 0.481 e. The zero-order valence-corrected chi connectivity index (χ0v) is 80.0. The predicted octanol–water partition coefficient (Wildman–Crippen LogP) is 10.1. The molecule has 130 heavy (non-hydrogen) atoms. The molecule has 35 nitrogen and oxygen atoms in total. The molecule has 0 spiro atoms. The number of hydrogen-bond donors (Lipinski definition) is 8. The first-order valence-electron chi connectivity index (χ1n) is 44.3. The van der Waals surface area contributed by atoms with Crippen LogP contribution in [-0.2, 0) is 117 Å². The Morgan fingerprint density at radius 3 is 1.76 bits per heavy atom. The number of rotatable bonds is 48. The van der Waals surface area contributed by atoms with Crippen molar-refractivity contribution < 1.29 is 127 Å². The number of alkyl carbamates (subject to hydrolysis) is 1. The van der Waals surface area contributed by atoms with Gasteiger partial charge in [0.2, 0.25) is 29.5 Å². The highest BCUT2D eigenvalue weighted by Crippen LogP contribution is 2.60. The van der Waals surface area contributed by atoms with Gasteiger partial charge in [-0.2, -0.15) is 4.31 Å². The van der Waals surface area contributed by atoms with Crippen LogP contribution in [0, 0.1) is 37.5 Å². The number of nitrogens with one attached hydrogen (secondary N) is 6. The lowest BCUT2D eigenvalue weighted by atomic mass is 9.90. The van der Waals surface area contributed by atoms with Crippen molar-refractivity contribution in [2.45, 2.75) is 214 Å². The third-order valence-electron chi connectivity index (χ3n) is 21.6. The number of ketones is 1. The molecule has 12 atom stereocenters. The highest BCUT2D eigenvalue weighted by atomic mass is 32.2. The minimum absolute atomic E-state index is 0.00159. The fourth-order valence-corrected chi connectivity index (χ4v) is 17.2. The number of hydrogen-bond acceptors (Lipinski definition) is 25. The summed E-state index contributed by atoms with van der Waals surface area (Å²) in [6.45, 7) is 21.4. The predicted molar refractivity (Wildman–Crippen MR) is 486 cm³/mol. The SMILES string of the molecule is C/C=C(\C)[C@H]1OC(=O)[C@@H](C)NC(=O)[C@H](C(C)CC)NC(=O)CN(C)C(=O)[C@@H](Cc2ccccc2)N(C)C(=O)[C@H](C)NC(=O)[C@@H](CC(C)C)OC(=O)/C(C)=C/C[C@H](OC(=O)NCCCCCOP(=O)(O)OP(=O)(O)OCCCCCNC(=O)CCOCCOCCOCCOCCNC(=O)c2ccc(C(=O)C(CCc3ccc(C)cc3)CS(=O)(=O)c3ccc(C)cc3)cc2)[C@@H]1C. The first-order chi connectivity index (χ1) is 61.6. The molecule has 4 aromatic rings. The monoisotopic (exact) mass is 1880 g/mol.